The molecule has 4 nitrogen and oxygen atoms in total. The molecule has 0 bridgehead atoms. The number of benzene rings is 2. The molecule has 0 aliphatic rings. The summed E-state index contributed by atoms with van der Waals surface area (Å²) in [5.74, 6) is 1.52. The van der Waals surface area contributed by atoms with Gasteiger partial charge in [0.1, 0.15) is 0 Å². The SMILES string of the molecule is O=C(CCCc1ncc(-c2ccccc2)o1)NCCc1ccccc1. The van der Waals surface area contributed by atoms with Crippen LogP contribution in [0.25, 0.3) is 11.3 Å². The van der Waals surface area contributed by atoms with E-state index in [0.717, 1.165) is 24.2 Å². The van der Waals surface area contributed by atoms with E-state index in [9.17, 15) is 4.79 Å². The first-order valence-corrected chi connectivity index (χ1v) is 8.62. The highest BCUT2D eigenvalue weighted by Gasteiger charge is 2.07. The van der Waals surface area contributed by atoms with Crippen LogP contribution in [0.4, 0.5) is 0 Å². The summed E-state index contributed by atoms with van der Waals surface area (Å²) in [6.07, 6.45) is 4.47. The van der Waals surface area contributed by atoms with Crippen LogP contribution in [0, 0.1) is 0 Å². The molecule has 0 aliphatic carbocycles. The van der Waals surface area contributed by atoms with E-state index in [2.05, 4.69) is 22.4 Å². The number of oxazole rings is 1. The van der Waals surface area contributed by atoms with E-state index in [0.29, 0.717) is 25.3 Å². The molecule has 25 heavy (non-hydrogen) atoms. The summed E-state index contributed by atoms with van der Waals surface area (Å²) in [5, 5.41) is 2.96. The van der Waals surface area contributed by atoms with E-state index in [-0.39, 0.29) is 5.91 Å². The second-order valence-corrected chi connectivity index (χ2v) is 5.92. The smallest absolute Gasteiger partial charge is 0.220 e. The summed E-state index contributed by atoms with van der Waals surface area (Å²) in [4.78, 5) is 16.2. The third kappa shape index (κ3) is 5.31. The number of nitrogens with zero attached hydrogens (tertiary/aromatic N) is 1. The molecule has 4 heteroatoms. The van der Waals surface area contributed by atoms with Crippen molar-refractivity contribution in [1.82, 2.24) is 10.3 Å². The second-order valence-electron chi connectivity index (χ2n) is 5.92. The number of amides is 1. The minimum absolute atomic E-state index is 0.0748. The number of rotatable bonds is 8. The number of hydrogen-bond acceptors (Lipinski definition) is 3. The summed E-state index contributed by atoms with van der Waals surface area (Å²) < 4.78 is 5.75. The Balaban J connectivity index is 1.36. The lowest BCUT2D eigenvalue weighted by Gasteiger charge is -2.04. The molecule has 0 radical (unpaired) electrons. The van der Waals surface area contributed by atoms with Gasteiger partial charge in [-0.3, -0.25) is 4.79 Å². The Morgan fingerprint density at radius 1 is 0.960 bits per heavy atom. The lowest BCUT2D eigenvalue weighted by molar-refractivity contribution is -0.121. The molecule has 1 heterocycles. The van der Waals surface area contributed by atoms with Crippen molar-refractivity contribution in [2.24, 2.45) is 0 Å². The van der Waals surface area contributed by atoms with Crippen molar-refractivity contribution in [2.75, 3.05) is 6.54 Å². The number of nitrogens with one attached hydrogen (secondary N) is 1. The Labute approximate surface area is 147 Å². The molecule has 0 aliphatic heterocycles. The van der Waals surface area contributed by atoms with Crippen molar-refractivity contribution in [1.29, 1.82) is 0 Å². The van der Waals surface area contributed by atoms with Gasteiger partial charge in [-0.1, -0.05) is 60.7 Å². The van der Waals surface area contributed by atoms with Gasteiger partial charge in [-0.2, -0.15) is 0 Å². The molecule has 0 saturated carbocycles. The fourth-order valence-corrected chi connectivity index (χ4v) is 2.64. The molecule has 0 unspecified atom stereocenters. The van der Waals surface area contributed by atoms with Gasteiger partial charge >= 0.3 is 0 Å². The maximum atomic E-state index is 11.9. The molecule has 0 saturated heterocycles. The van der Waals surface area contributed by atoms with Crippen molar-refractivity contribution < 1.29 is 9.21 Å². The first-order chi connectivity index (χ1) is 12.3. The summed E-state index contributed by atoms with van der Waals surface area (Å²) in [6.45, 7) is 0.667. The summed E-state index contributed by atoms with van der Waals surface area (Å²) in [7, 11) is 0. The standard InChI is InChI=1S/C21H22N2O2/c24-20(22-15-14-17-8-3-1-4-9-17)12-7-13-21-23-16-19(25-21)18-10-5-2-6-11-18/h1-6,8-11,16H,7,12-15H2,(H,22,24). The monoisotopic (exact) mass is 334 g/mol. The third-order valence-electron chi connectivity index (χ3n) is 3.99. The number of hydrogen-bond donors (Lipinski definition) is 1. The Morgan fingerprint density at radius 3 is 2.44 bits per heavy atom. The Bertz CT molecular complexity index is 782. The highest BCUT2D eigenvalue weighted by molar-refractivity contribution is 5.75. The number of carbonyl (C=O) groups excluding carboxylic acids is 1. The number of aromatic nitrogens is 1. The Hall–Kier alpha value is -2.88. The van der Waals surface area contributed by atoms with Crippen molar-refractivity contribution in [3.05, 3.63) is 78.3 Å². The molecule has 1 N–H and O–H groups in total. The largest absolute Gasteiger partial charge is 0.441 e. The third-order valence-corrected chi connectivity index (χ3v) is 3.99. The molecule has 0 spiro atoms. The van der Waals surface area contributed by atoms with Crippen LogP contribution in [-0.4, -0.2) is 17.4 Å². The fourth-order valence-electron chi connectivity index (χ4n) is 2.64. The van der Waals surface area contributed by atoms with Gasteiger partial charge < -0.3 is 9.73 Å². The minimum Gasteiger partial charge on any atom is -0.441 e. The van der Waals surface area contributed by atoms with Crippen LogP contribution in [0.1, 0.15) is 24.3 Å². The molecular formula is C21H22N2O2. The Kier molecular flexibility index (Phi) is 5.99. The van der Waals surface area contributed by atoms with Crippen LogP contribution in [-0.2, 0) is 17.6 Å². The fraction of sp³-hybridized carbons (Fsp3) is 0.238. The summed E-state index contributed by atoms with van der Waals surface area (Å²) in [6, 6.07) is 20.0. The zero-order valence-electron chi connectivity index (χ0n) is 14.2. The van der Waals surface area contributed by atoms with Crippen LogP contribution in [0.15, 0.2) is 71.3 Å². The van der Waals surface area contributed by atoms with Gasteiger partial charge in [0, 0.05) is 24.9 Å². The van der Waals surface area contributed by atoms with E-state index >= 15 is 0 Å². The van der Waals surface area contributed by atoms with E-state index in [4.69, 9.17) is 4.42 Å². The first-order valence-electron chi connectivity index (χ1n) is 8.62. The lowest BCUT2D eigenvalue weighted by atomic mass is 10.1. The number of aryl methyl sites for hydroxylation is 1. The van der Waals surface area contributed by atoms with Crippen LogP contribution < -0.4 is 5.32 Å². The summed E-state index contributed by atoms with van der Waals surface area (Å²) in [5.41, 5.74) is 2.25. The average Bonchev–Trinajstić information content (AvgIpc) is 3.12. The molecule has 0 fully saturated rings. The molecular weight excluding hydrogens is 312 g/mol. The minimum atomic E-state index is 0.0748. The van der Waals surface area contributed by atoms with Gasteiger partial charge in [0.15, 0.2) is 11.7 Å². The van der Waals surface area contributed by atoms with Crippen molar-refractivity contribution in [2.45, 2.75) is 25.7 Å². The maximum Gasteiger partial charge on any atom is 0.220 e. The van der Waals surface area contributed by atoms with Gasteiger partial charge in [-0.15, -0.1) is 0 Å². The van der Waals surface area contributed by atoms with Crippen LogP contribution in [0.2, 0.25) is 0 Å². The van der Waals surface area contributed by atoms with E-state index in [1.54, 1.807) is 6.20 Å². The van der Waals surface area contributed by atoms with Crippen LogP contribution in [0.5, 0.6) is 0 Å². The highest BCUT2D eigenvalue weighted by Crippen LogP contribution is 2.20. The molecule has 0 atom stereocenters. The highest BCUT2D eigenvalue weighted by atomic mass is 16.4. The molecule has 3 rings (SSSR count). The normalized spacial score (nSPS) is 10.6. The molecule has 3 aromatic rings. The van der Waals surface area contributed by atoms with E-state index < -0.39 is 0 Å². The van der Waals surface area contributed by atoms with E-state index in [1.807, 2.05) is 48.5 Å². The lowest BCUT2D eigenvalue weighted by Crippen LogP contribution is -2.25. The van der Waals surface area contributed by atoms with Crippen LogP contribution in [0.3, 0.4) is 0 Å². The average molecular weight is 334 g/mol. The zero-order valence-corrected chi connectivity index (χ0v) is 14.2. The quantitative estimate of drug-likeness (QED) is 0.677. The van der Waals surface area contributed by atoms with Gasteiger partial charge in [-0.25, -0.2) is 4.98 Å². The predicted molar refractivity (Wildman–Crippen MR) is 98.0 cm³/mol. The molecule has 128 valence electrons. The Morgan fingerprint density at radius 2 is 1.68 bits per heavy atom. The predicted octanol–water partition coefficient (Wildman–Crippen LogP) is 4.02. The first kappa shape index (κ1) is 17.0. The maximum absolute atomic E-state index is 11.9. The molecule has 2 aromatic carbocycles. The van der Waals surface area contributed by atoms with Gasteiger partial charge in [0.25, 0.3) is 0 Å². The van der Waals surface area contributed by atoms with E-state index in [1.165, 1.54) is 5.56 Å². The van der Waals surface area contributed by atoms with Crippen molar-refractivity contribution >= 4 is 5.91 Å². The van der Waals surface area contributed by atoms with Gasteiger partial charge in [0.05, 0.1) is 6.20 Å². The second kappa shape index (κ2) is 8.83. The molecule has 1 aromatic heterocycles. The number of carbonyl (C=O) groups is 1. The molecule has 1 amide bonds. The van der Waals surface area contributed by atoms with Crippen molar-refractivity contribution in [3.63, 3.8) is 0 Å². The van der Waals surface area contributed by atoms with Gasteiger partial charge in [-0.05, 0) is 18.4 Å². The zero-order chi connectivity index (χ0) is 17.3. The topological polar surface area (TPSA) is 55.1 Å². The van der Waals surface area contributed by atoms with Crippen LogP contribution >= 0.6 is 0 Å². The summed E-state index contributed by atoms with van der Waals surface area (Å²) >= 11 is 0. The van der Waals surface area contributed by atoms with Crippen molar-refractivity contribution in [3.8, 4) is 11.3 Å². The van der Waals surface area contributed by atoms with Gasteiger partial charge in [0.2, 0.25) is 5.91 Å².